The number of methoxy groups -OCH3 is 1. The number of hydrogen-bond acceptors (Lipinski definition) is 6. The summed E-state index contributed by atoms with van der Waals surface area (Å²) in [6.07, 6.45) is 0.841. The normalized spacial score (nSPS) is 20.4. The van der Waals surface area contributed by atoms with Gasteiger partial charge in [0, 0.05) is 24.8 Å². The summed E-state index contributed by atoms with van der Waals surface area (Å²) in [5.74, 6) is 2.61. The molecule has 194 valence electrons. The minimum Gasteiger partial charge on any atom is -0.508 e. The van der Waals surface area contributed by atoms with Crippen LogP contribution >= 0.6 is 0 Å². The van der Waals surface area contributed by atoms with Crippen LogP contribution in [0.3, 0.4) is 0 Å². The molecule has 6 heteroatoms. The van der Waals surface area contributed by atoms with E-state index in [0.717, 1.165) is 46.7 Å². The second kappa shape index (κ2) is 10.9. The molecule has 2 N–H and O–H groups in total. The summed E-state index contributed by atoms with van der Waals surface area (Å²) in [4.78, 5) is 2.46. The quantitative estimate of drug-likeness (QED) is 0.401. The zero-order valence-electron chi connectivity index (χ0n) is 21.7. The maximum Gasteiger partial charge on any atom is 0.150 e. The molecule has 5 rings (SSSR count). The van der Waals surface area contributed by atoms with Crippen molar-refractivity contribution in [3.05, 3.63) is 83.4 Å². The van der Waals surface area contributed by atoms with Gasteiger partial charge in [0.05, 0.1) is 12.6 Å². The summed E-state index contributed by atoms with van der Waals surface area (Å²) >= 11 is 0. The highest BCUT2D eigenvalue weighted by molar-refractivity contribution is 5.95. The van der Waals surface area contributed by atoms with Crippen molar-refractivity contribution in [2.24, 2.45) is 5.92 Å². The molecule has 0 saturated carbocycles. The summed E-state index contributed by atoms with van der Waals surface area (Å²) in [5, 5.41) is 20.2. The molecular formula is C31H35NO5. The van der Waals surface area contributed by atoms with E-state index in [1.54, 1.807) is 37.4 Å². The average molecular weight is 502 g/mol. The summed E-state index contributed by atoms with van der Waals surface area (Å²) < 4.78 is 18.1. The second-order valence-electron chi connectivity index (χ2n) is 10.1. The molecule has 2 heterocycles. The average Bonchev–Trinajstić information content (AvgIpc) is 3.33. The van der Waals surface area contributed by atoms with Crippen molar-refractivity contribution >= 4 is 11.1 Å². The lowest BCUT2D eigenvalue weighted by Crippen LogP contribution is -2.41. The maximum atomic E-state index is 10.2. The lowest BCUT2D eigenvalue weighted by molar-refractivity contribution is 0.0711. The van der Waals surface area contributed by atoms with Gasteiger partial charge in [0.25, 0.3) is 0 Å². The molecule has 1 saturated heterocycles. The van der Waals surface area contributed by atoms with Gasteiger partial charge in [0.15, 0.2) is 0 Å². The Labute approximate surface area is 218 Å². The van der Waals surface area contributed by atoms with E-state index >= 15 is 0 Å². The number of aromatic hydroxyl groups is 2. The molecule has 2 aliphatic heterocycles. The van der Waals surface area contributed by atoms with Crippen LogP contribution in [-0.2, 0) is 4.74 Å². The van der Waals surface area contributed by atoms with E-state index in [1.165, 1.54) is 6.42 Å². The summed E-state index contributed by atoms with van der Waals surface area (Å²) in [5.41, 5.74) is 4.64. The number of nitrogens with zero attached hydrogens (tertiary/aromatic N) is 1. The fourth-order valence-electron chi connectivity index (χ4n) is 5.40. The van der Waals surface area contributed by atoms with Gasteiger partial charge in [-0.05, 0) is 85.0 Å². The molecule has 0 amide bonds. The second-order valence-corrected chi connectivity index (χ2v) is 10.1. The Bertz CT molecular complexity index is 1270. The van der Waals surface area contributed by atoms with Crippen molar-refractivity contribution in [3.63, 3.8) is 0 Å². The number of benzene rings is 3. The number of phenolic OH excluding ortho intramolecular Hbond substituents is 2. The van der Waals surface area contributed by atoms with Crippen LogP contribution < -0.4 is 9.47 Å². The molecule has 0 aromatic heterocycles. The lowest BCUT2D eigenvalue weighted by Gasteiger charge is -2.31. The lowest BCUT2D eigenvalue weighted by atomic mass is 9.86. The third-order valence-corrected chi connectivity index (χ3v) is 7.39. The summed E-state index contributed by atoms with van der Waals surface area (Å²) in [7, 11) is 1.74. The monoisotopic (exact) mass is 501 g/mol. The Morgan fingerprint density at radius 2 is 1.78 bits per heavy atom. The van der Waals surface area contributed by atoms with Crippen LogP contribution in [0.15, 0.2) is 66.7 Å². The van der Waals surface area contributed by atoms with Crippen LogP contribution in [0.1, 0.15) is 43.1 Å². The number of rotatable bonds is 8. The number of allylic oxidation sites excluding steroid dienone is 1. The highest BCUT2D eigenvalue weighted by Gasteiger charge is 2.30. The molecular weight excluding hydrogens is 466 g/mol. The van der Waals surface area contributed by atoms with Crippen LogP contribution in [-0.4, -0.2) is 54.6 Å². The molecule has 1 unspecified atom stereocenters. The van der Waals surface area contributed by atoms with E-state index in [1.807, 2.05) is 43.3 Å². The SMILES string of the molecule is COC[C@@H](COc1ccc(C2Oc3ccc(O)cc3C(C)=C2c2cccc(O)c2)cc1)N1CC[C@@H](C)C1. The number of fused-ring (bicyclic) bond motifs is 1. The molecule has 6 nitrogen and oxygen atoms in total. The molecule has 37 heavy (non-hydrogen) atoms. The molecule has 3 aromatic rings. The fraction of sp³-hybridized carbons (Fsp3) is 0.355. The summed E-state index contributed by atoms with van der Waals surface area (Å²) in [6.45, 7) is 7.70. The maximum absolute atomic E-state index is 10.2. The zero-order chi connectivity index (χ0) is 25.9. The first-order valence-electron chi connectivity index (χ1n) is 12.9. The number of ether oxygens (including phenoxy) is 3. The van der Waals surface area contributed by atoms with Gasteiger partial charge in [-0.25, -0.2) is 0 Å². The standard InChI is InChI=1S/C31H35NO5/c1-20-13-14-32(17-20)24(18-35-3)19-36-27-10-7-22(8-11-27)31-30(23-5-4-6-25(33)15-23)21(2)28-16-26(34)9-12-29(28)37-31/h4-12,15-16,20,24,31,33-34H,13-14,17-19H2,1-3H3/t20-,24+,31?/m1/s1. The predicted molar refractivity (Wildman–Crippen MR) is 145 cm³/mol. The number of hydrogen-bond donors (Lipinski definition) is 2. The van der Waals surface area contributed by atoms with E-state index in [9.17, 15) is 10.2 Å². The molecule has 0 aliphatic carbocycles. The zero-order valence-corrected chi connectivity index (χ0v) is 21.7. The molecule has 2 aliphatic rings. The smallest absolute Gasteiger partial charge is 0.150 e. The van der Waals surface area contributed by atoms with E-state index in [4.69, 9.17) is 14.2 Å². The van der Waals surface area contributed by atoms with Crippen molar-refractivity contribution < 1.29 is 24.4 Å². The van der Waals surface area contributed by atoms with Gasteiger partial charge < -0.3 is 24.4 Å². The first-order valence-corrected chi connectivity index (χ1v) is 12.9. The van der Waals surface area contributed by atoms with Crippen LogP contribution in [0.4, 0.5) is 0 Å². The third-order valence-electron chi connectivity index (χ3n) is 7.39. The Morgan fingerprint density at radius 1 is 1.00 bits per heavy atom. The minimum atomic E-state index is -0.375. The first-order chi connectivity index (χ1) is 17.9. The van der Waals surface area contributed by atoms with Crippen LogP contribution in [0, 0.1) is 5.92 Å². The van der Waals surface area contributed by atoms with Crippen molar-refractivity contribution in [3.8, 4) is 23.0 Å². The van der Waals surface area contributed by atoms with Crippen LogP contribution in [0.5, 0.6) is 23.0 Å². The van der Waals surface area contributed by atoms with E-state index < -0.39 is 0 Å². The van der Waals surface area contributed by atoms with Gasteiger partial charge in [-0.15, -0.1) is 0 Å². The molecule has 3 atom stereocenters. The number of likely N-dealkylation sites (tertiary alicyclic amines) is 1. The van der Waals surface area contributed by atoms with Crippen molar-refractivity contribution in [2.75, 3.05) is 33.4 Å². The van der Waals surface area contributed by atoms with Gasteiger partial charge in [-0.1, -0.05) is 31.2 Å². The number of phenols is 2. The van der Waals surface area contributed by atoms with Crippen molar-refractivity contribution in [2.45, 2.75) is 32.4 Å². The van der Waals surface area contributed by atoms with Gasteiger partial charge in [0.2, 0.25) is 0 Å². The summed E-state index contributed by atoms with van der Waals surface area (Å²) in [6, 6.07) is 20.6. The molecule has 1 fully saturated rings. The van der Waals surface area contributed by atoms with Crippen molar-refractivity contribution in [1.29, 1.82) is 0 Å². The topological polar surface area (TPSA) is 71.4 Å². The Morgan fingerprint density at radius 3 is 2.49 bits per heavy atom. The van der Waals surface area contributed by atoms with Crippen molar-refractivity contribution in [1.82, 2.24) is 4.90 Å². The Kier molecular flexibility index (Phi) is 7.40. The predicted octanol–water partition coefficient (Wildman–Crippen LogP) is 5.90. The van der Waals surface area contributed by atoms with E-state index in [-0.39, 0.29) is 23.6 Å². The Hall–Kier alpha value is -3.48. The first kappa shape index (κ1) is 25.2. The van der Waals surface area contributed by atoms with E-state index in [2.05, 4.69) is 11.8 Å². The van der Waals surface area contributed by atoms with E-state index in [0.29, 0.717) is 24.9 Å². The Balaban J connectivity index is 1.40. The largest absolute Gasteiger partial charge is 0.508 e. The molecule has 0 radical (unpaired) electrons. The fourth-order valence-corrected chi connectivity index (χ4v) is 5.40. The van der Waals surface area contributed by atoms with Crippen LogP contribution in [0.25, 0.3) is 11.1 Å². The molecule has 0 bridgehead atoms. The highest BCUT2D eigenvalue weighted by Crippen LogP contribution is 2.47. The van der Waals surface area contributed by atoms with Gasteiger partial charge in [-0.3, -0.25) is 4.90 Å². The van der Waals surface area contributed by atoms with Gasteiger partial charge >= 0.3 is 0 Å². The molecule has 3 aromatic carbocycles. The molecule has 0 spiro atoms. The minimum absolute atomic E-state index is 0.187. The van der Waals surface area contributed by atoms with Gasteiger partial charge in [0.1, 0.15) is 35.7 Å². The van der Waals surface area contributed by atoms with Gasteiger partial charge in [-0.2, -0.15) is 0 Å². The third kappa shape index (κ3) is 5.45. The highest BCUT2D eigenvalue weighted by atomic mass is 16.5. The van der Waals surface area contributed by atoms with Crippen LogP contribution in [0.2, 0.25) is 0 Å².